The molecular weight excluding hydrogens is 271 g/mol. The summed E-state index contributed by atoms with van der Waals surface area (Å²) in [6.45, 7) is 0. The van der Waals surface area contributed by atoms with Crippen molar-refractivity contribution in [2.45, 2.75) is 44.2 Å². The lowest BCUT2D eigenvalue weighted by atomic mass is 9.92. The minimum atomic E-state index is -0.455. The number of nitrogens with one attached hydrogen (secondary N) is 2. The quantitative estimate of drug-likeness (QED) is 0.812. The fourth-order valence-corrected chi connectivity index (χ4v) is 3.01. The first-order valence-corrected chi connectivity index (χ1v) is 7.36. The van der Waals surface area contributed by atoms with Crippen LogP contribution >= 0.6 is 0 Å². The molecule has 0 bridgehead atoms. The summed E-state index contributed by atoms with van der Waals surface area (Å²) in [7, 11) is 0. The van der Waals surface area contributed by atoms with E-state index in [1.807, 2.05) is 0 Å². The van der Waals surface area contributed by atoms with Crippen LogP contribution in [0.1, 0.15) is 31.2 Å². The highest BCUT2D eigenvalue weighted by molar-refractivity contribution is 5.89. The van der Waals surface area contributed by atoms with Crippen LogP contribution in [0.25, 0.3) is 10.9 Å². The van der Waals surface area contributed by atoms with Gasteiger partial charge in [-0.1, -0.05) is 12.8 Å². The normalized spacial score (nSPS) is 22.4. The maximum Gasteiger partial charge on any atom is 0.224 e. The van der Waals surface area contributed by atoms with Crippen molar-refractivity contribution < 1.29 is 14.3 Å². The van der Waals surface area contributed by atoms with E-state index in [1.165, 1.54) is 12.1 Å². The standard InChI is InChI=1S/C16H19FN2O2/c17-11-5-6-13-12(8-11)10(9-18-13)7-16(21)19-14-3-1-2-4-15(14)20/h5-6,8-9,14-15,18,20H,1-4,7H2,(H,19,21). The Morgan fingerprint density at radius 3 is 3.00 bits per heavy atom. The summed E-state index contributed by atoms with van der Waals surface area (Å²) in [6.07, 6.45) is 5.06. The lowest BCUT2D eigenvalue weighted by Crippen LogP contribution is -2.45. The van der Waals surface area contributed by atoms with E-state index in [0.29, 0.717) is 0 Å². The van der Waals surface area contributed by atoms with Crippen LogP contribution in [0, 0.1) is 5.82 Å². The van der Waals surface area contributed by atoms with Crippen LogP contribution < -0.4 is 5.32 Å². The van der Waals surface area contributed by atoms with Gasteiger partial charge in [0, 0.05) is 17.1 Å². The van der Waals surface area contributed by atoms with Crippen LogP contribution in [0.4, 0.5) is 4.39 Å². The van der Waals surface area contributed by atoms with Gasteiger partial charge in [0.15, 0.2) is 0 Å². The number of halogens is 1. The second kappa shape index (κ2) is 5.85. The number of fused-ring (bicyclic) bond motifs is 1. The Hall–Kier alpha value is -1.88. The molecule has 0 radical (unpaired) electrons. The zero-order valence-corrected chi connectivity index (χ0v) is 11.7. The molecule has 1 aliphatic rings. The van der Waals surface area contributed by atoms with Crippen LogP contribution in [0.2, 0.25) is 0 Å². The summed E-state index contributed by atoms with van der Waals surface area (Å²) in [5, 5.41) is 13.5. The highest BCUT2D eigenvalue weighted by Gasteiger charge is 2.24. The number of carbonyl (C=O) groups is 1. The molecule has 0 aliphatic heterocycles. The van der Waals surface area contributed by atoms with Crippen LogP contribution in [0.15, 0.2) is 24.4 Å². The van der Waals surface area contributed by atoms with Crippen molar-refractivity contribution in [1.82, 2.24) is 10.3 Å². The van der Waals surface area contributed by atoms with E-state index >= 15 is 0 Å². The Balaban J connectivity index is 1.70. The third-order valence-corrected chi connectivity index (χ3v) is 4.16. The van der Waals surface area contributed by atoms with E-state index in [9.17, 15) is 14.3 Å². The van der Waals surface area contributed by atoms with E-state index in [0.717, 1.165) is 42.1 Å². The van der Waals surface area contributed by atoms with Crippen molar-refractivity contribution in [2.75, 3.05) is 0 Å². The molecule has 112 valence electrons. The average molecular weight is 290 g/mol. The van der Waals surface area contributed by atoms with Gasteiger partial charge >= 0.3 is 0 Å². The van der Waals surface area contributed by atoms with E-state index < -0.39 is 6.10 Å². The maximum absolute atomic E-state index is 13.3. The first-order valence-electron chi connectivity index (χ1n) is 7.36. The highest BCUT2D eigenvalue weighted by atomic mass is 19.1. The summed E-state index contributed by atoms with van der Waals surface area (Å²) < 4.78 is 13.3. The summed E-state index contributed by atoms with van der Waals surface area (Å²) in [4.78, 5) is 15.2. The van der Waals surface area contributed by atoms with E-state index in [4.69, 9.17) is 0 Å². The van der Waals surface area contributed by atoms with Gasteiger partial charge in [0.2, 0.25) is 5.91 Å². The SMILES string of the molecule is O=C(Cc1c[nH]c2ccc(F)cc12)NC1CCCCC1O. The van der Waals surface area contributed by atoms with Crippen molar-refractivity contribution in [1.29, 1.82) is 0 Å². The molecule has 3 N–H and O–H groups in total. The molecule has 2 unspecified atom stereocenters. The molecule has 0 saturated heterocycles. The molecule has 1 aromatic carbocycles. The van der Waals surface area contributed by atoms with Crippen molar-refractivity contribution >= 4 is 16.8 Å². The molecule has 3 rings (SSSR count). The topological polar surface area (TPSA) is 65.1 Å². The number of H-pyrrole nitrogens is 1. The fraction of sp³-hybridized carbons (Fsp3) is 0.438. The van der Waals surface area contributed by atoms with Gasteiger partial charge in [-0.3, -0.25) is 4.79 Å². The lowest BCUT2D eigenvalue weighted by Gasteiger charge is -2.28. The van der Waals surface area contributed by atoms with Crippen molar-refractivity contribution in [2.24, 2.45) is 0 Å². The first-order chi connectivity index (χ1) is 10.1. The third kappa shape index (κ3) is 3.08. The Morgan fingerprint density at radius 1 is 1.38 bits per heavy atom. The third-order valence-electron chi connectivity index (χ3n) is 4.16. The van der Waals surface area contributed by atoms with Crippen LogP contribution in [0.5, 0.6) is 0 Å². The van der Waals surface area contributed by atoms with Gasteiger partial charge in [-0.2, -0.15) is 0 Å². The molecule has 21 heavy (non-hydrogen) atoms. The van der Waals surface area contributed by atoms with Crippen LogP contribution in [-0.2, 0) is 11.2 Å². The van der Waals surface area contributed by atoms with Gasteiger partial charge in [0.25, 0.3) is 0 Å². The van der Waals surface area contributed by atoms with Crippen molar-refractivity contribution in [3.05, 3.63) is 35.8 Å². The Labute approximate surface area is 122 Å². The number of aromatic amines is 1. The number of aliphatic hydroxyl groups is 1. The number of hydrogen-bond acceptors (Lipinski definition) is 2. The molecule has 1 saturated carbocycles. The molecule has 1 fully saturated rings. The summed E-state index contributed by atoms with van der Waals surface area (Å²) >= 11 is 0. The molecule has 1 aromatic heterocycles. The molecule has 2 atom stereocenters. The number of benzene rings is 1. The fourth-order valence-electron chi connectivity index (χ4n) is 3.01. The number of aromatic nitrogens is 1. The minimum Gasteiger partial charge on any atom is -0.391 e. The minimum absolute atomic E-state index is 0.133. The second-order valence-electron chi connectivity index (χ2n) is 5.71. The molecule has 1 amide bonds. The van der Waals surface area contributed by atoms with Gasteiger partial charge in [-0.25, -0.2) is 4.39 Å². The molecule has 1 heterocycles. The van der Waals surface area contributed by atoms with Gasteiger partial charge in [0.05, 0.1) is 18.6 Å². The summed E-state index contributed by atoms with van der Waals surface area (Å²) in [5.41, 5.74) is 1.59. The predicted molar refractivity (Wildman–Crippen MR) is 78.4 cm³/mol. The molecule has 1 aliphatic carbocycles. The smallest absolute Gasteiger partial charge is 0.224 e. The number of amides is 1. The monoisotopic (exact) mass is 290 g/mol. The largest absolute Gasteiger partial charge is 0.391 e. The highest BCUT2D eigenvalue weighted by Crippen LogP contribution is 2.21. The zero-order valence-electron chi connectivity index (χ0n) is 11.7. The zero-order chi connectivity index (χ0) is 14.8. The number of hydrogen-bond donors (Lipinski definition) is 3. The summed E-state index contributed by atoms with van der Waals surface area (Å²) in [5.74, 6) is -0.447. The Bertz CT molecular complexity index is 653. The number of aliphatic hydroxyl groups excluding tert-OH is 1. The van der Waals surface area contributed by atoms with E-state index in [1.54, 1.807) is 12.3 Å². The Morgan fingerprint density at radius 2 is 2.19 bits per heavy atom. The van der Waals surface area contributed by atoms with Gasteiger partial charge < -0.3 is 15.4 Å². The first kappa shape index (κ1) is 14.1. The molecule has 5 heteroatoms. The molecule has 0 spiro atoms. The van der Waals surface area contributed by atoms with Crippen molar-refractivity contribution in [3.8, 4) is 0 Å². The van der Waals surface area contributed by atoms with Gasteiger partial charge in [-0.05, 0) is 36.6 Å². The average Bonchev–Trinajstić information content (AvgIpc) is 2.84. The van der Waals surface area contributed by atoms with E-state index in [2.05, 4.69) is 10.3 Å². The number of carbonyl (C=O) groups excluding carboxylic acids is 1. The lowest BCUT2D eigenvalue weighted by molar-refractivity contribution is -0.122. The maximum atomic E-state index is 13.3. The molecular formula is C16H19FN2O2. The van der Waals surface area contributed by atoms with Crippen LogP contribution in [-0.4, -0.2) is 28.1 Å². The van der Waals surface area contributed by atoms with Crippen LogP contribution in [0.3, 0.4) is 0 Å². The summed E-state index contributed by atoms with van der Waals surface area (Å²) in [6, 6.07) is 4.33. The Kier molecular flexibility index (Phi) is 3.92. The van der Waals surface area contributed by atoms with Crippen molar-refractivity contribution in [3.63, 3.8) is 0 Å². The van der Waals surface area contributed by atoms with Gasteiger partial charge in [0.1, 0.15) is 5.82 Å². The van der Waals surface area contributed by atoms with E-state index in [-0.39, 0.29) is 24.2 Å². The molecule has 4 nitrogen and oxygen atoms in total. The predicted octanol–water partition coefficient (Wildman–Crippen LogP) is 2.27. The molecule has 2 aromatic rings. The second-order valence-corrected chi connectivity index (χ2v) is 5.71. The van der Waals surface area contributed by atoms with Gasteiger partial charge in [-0.15, -0.1) is 0 Å². The number of rotatable bonds is 3.